The highest BCUT2D eigenvalue weighted by atomic mass is 32.1. The second-order valence-corrected chi connectivity index (χ2v) is 5.57. The lowest BCUT2D eigenvalue weighted by atomic mass is 10.1. The Bertz CT molecular complexity index is 688. The van der Waals surface area contributed by atoms with Gasteiger partial charge in [0.2, 0.25) is 5.91 Å². The molecule has 1 saturated heterocycles. The number of aliphatic hydroxyl groups is 1. The van der Waals surface area contributed by atoms with Gasteiger partial charge in [-0.2, -0.15) is 13.2 Å². The lowest BCUT2D eigenvalue weighted by Crippen LogP contribution is -2.48. The summed E-state index contributed by atoms with van der Waals surface area (Å²) in [5.74, 6) is -0.430. The predicted octanol–water partition coefficient (Wildman–Crippen LogP) is 2.11. The van der Waals surface area contributed by atoms with Crippen molar-refractivity contribution in [2.24, 2.45) is 0 Å². The van der Waals surface area contributed by atoms with Crippen molar-refractivity contribution in [1.29, 1.82) is 0 Å². The zero-order valence-corrected chi connectivity index (χ0v) is 11.4. The van der Waals surface area contributed by atoms with Crippen LogP contribution < -0.4 is 4.90 Å². The topological polar surface area (TPSA) is 66.3 Å². The van der Waals surface area contributed by atoms with E-state index in [1.165, 1.54) is 6.07 Å². The molecule has 1 amide bonds. The van der Waals surface area contributed by atoms with Gasteiger partial charge in [-0.05, 0) is 36.2 Å². The summed E-state index contributed by atoms with van der Waals surface area (Å²) < 4.78 is 42.6. The molecule has 2 atom stereocenters. The number of carbonyl (C=O) groups is 1. The van der Waals surface area contributed by atoms with Crippen molar-refractivity contribution in [3.05, 3.63) is 18.2 Å². The molecule has 1 aromatic carbocycles. The summed E-state index contributed by atoms with van der Waals surface area (Å²) in [4.78, 5) is 12.9. The van der Waals surface area contributed by atoms with E-state index in [0.717, 1.165) is 16.4 Å². The third-order valence-electron chi connectivity index (χ3n) is 3.46. The Balaban J connectivity index is 1.98. The molecule has 0 aliphatic carbocycles. The third-order valence-corrected chi connectivity index (χ3v) is 4.15. The number of alkyl halides is 3. The standard InChI is InChI=1S/C12H10F3N3O2S/c13-12(14,15)11(20)8-3-4-10(19)18(8)6-1-2-7-9(5-6)21-17-16-7/h1-2,5,8,11,20H,3-4H2/t8-,11-/m1/s1. The van der Waals surface area contributed by atoms with Gasteiger partial charge in [-0.25, -0.2) is 0 Å². The lowest BCUT2D eigenvalue weighted by molar-refractivity contribution is -0.209. The number of aliphatic hydroxyl groups excluding tert-OH is 1. The Morgan fingerprint density at radius 3 is 2.90 bits per heavy atom. The highest BCUT2D eigenvalue weighted by molar-refractivity contribution is 7.12. The number of hydrogen-bond acceptors (Lipinski definition) is 5. The molecule has 1 aromatic heterocycles. The van der Waals surface area contributed by atoms with Crippen molar-refractivity contribution in [2.75, 3.05) is 4.90 Å². The van der Waals surface area contributed by atoms with Gasteiger partial charge in [0.15, 0.2) is 6.10 Å². The van der Waals surface area contributed by atoms with E-state index in [2.05, 4.69) is 9.59 Å². The molecule has 112 valence electrons. The van der Waals surface area contributed by atoms with Gasteiger partial charge in [0.05, 0.1) is 10.7 Å². The van der Waals surface area contributed by atoms with E-state index >= 15 is 0 Å². The summed E-state index contributed by atoms with van der Waals surface area (Å²) in [7, 11) is 0. The zero-order chi connectivity index (χ0) is 15.2. The van der Waals surface area contributed by atoms with Crippen LogP contribution in [0.25, 0.3) is 10.2 Å². The molecule has 0 saturated carbocycles. The van der Waals surface area contributed by atoms with Crippen LogP contribution in [0.2, 0.25) is 0 Å². The van der Waals surface area contributed by atoms with Gasteiger partial charge in [0.1, 0.15) is 5.52 Å². The molecule has 21 heavy (non-hydrogen) atoms. The second kappa shape index (κ2) is 4.92. The fraction of sp³-hybridized carbons (Fsp3) is 0.417. The molecule has 2 aromatic rings. The number of amides is 1. The molecule has 1 fully saturated rings. The number of rotatable bonds is 2. The fourth-order valence-electron chi connectivity index (χ4n) is 2.48. The average Bonchev–Trinajstić information content (AvgIpc) is 3.01. The summed E-state index contributed by atoms with van der Waals surface area (Å²) in [6.07, 6.45) is -7.36. The van der Waals surface area contributed by atoms with E-state index < -0.39 is 24.2 Å². The van der Waals surface area contributed by atoms with Crippen molar-refractivity contribution < 1.29 is 23.1 Å². The van der Waals surface area contributed by atoms with Crippen LogP contribution in [0.4, 0.5) is 18.9 Å². The van der Waals surface area contributed by atoms with Crippen molar-refractivity contribution in [2.45, 2.75) is 31.2 Å². The summed E-state index contributed by atoms with van der Waals surface area (Å²) >= 11 is 1.09. The normalized spacial score (nSPS) is 21.2. The van der Waals surface area contributed by atoms with E-state index in [4.69, 9.17) is 0 Å². The van der Waals surface area contributed by atoms with E-state index in [0.29, 0.717) is 15.9 Å². The van der Waals surface area contributed by atoms with Crippen LogP contribution in [-0.4, -0.2) is 38.9 Å². The molecular weight excluding hydrogens is 307 g/mol. The highest BCUT2D eigenvalue weighted by Crippen LogP contribution is 2.35. The maximum atomic E-state index is 12.7. The first kappa shape index (κ1) is 14.2. The maximum Gasteiger partial charge on any atom is 0.416 e. The Morgan fingerprint density at radius 2 is 2.19 bits per heavy atom. The largest absolute Gasteiger partial charge is 0.416 e. The molecule has 5 nitrogen and oxygen atoms in total. The summed E-state index contributed by atoms with van der Waals surface area (Å²) in [6, 6.07) is 3.38. The van der Waals surface area contributed by atoms with E-state index in [9.17, 15) is 23.1 Å². The van der Waals surface area contributed by atoms with Crippen LogP contribution in [0.1, 0.15) is 12.8 Å². The van der Waals surface area contributed by atoms with Crippen LogP contribution in [0, 0.1) is 0 Å². The minimum absolute atomic E-state index is 0.0171. The smallest absolute Gasteiger partial charge is 0.382 e. The number of halogens is 3. The quantitative estimate of drug-likeness (QED) is 0.921. The summed E-state index contributed by atoms with van der Waals surface area (Å²) in [5.41, 5.74) is 0.938. The molecule has 1 aliphatic rings. The Labute approximate surface area is 121 Å². The van der Waals surface area contributed by atoms with Gasteiger partial charge >= 0.3 is 6.18 Å². The first-order chi connectivity index (χ1) is 9.88. The molecule has 2 heterocycles. The van der Waals surface area contributed by atoms with E-state index in [1.54, 1.807) is 12.1 Å². The molecule has 3 rings (SSSR count). The van der Waals surface area contributed by atoms with Crippen LogP contribution in [0.5, 0.6) is 0 Å². The molecule has 0 bridgehead atoms. The van der Waals surface area contributed by atoms with Crippen LogP contribution in [0.3, 0.4) is 0 Å². The Morgan fingerprint density at radius 1 is 1.43 bits per heavy atom. The van der Waals surface area contributed by atoms with Gasteiger partial charge in [-0.3, -0.25) is 4.79 Å². The molecule has 0 unspecified atom stereocenters. The third kappa shape index (κ3) is 2.46. The van der Waals surface area contributed by atoms with E-state index in [1.807, 2.05) is 0 Å². The molecular formula is C12H10F3N3O2S. The lowest BCUT2D eigenvalue weighted by Gasteiger charge is -2.29. The minimum Gasteiger partial charge on any atom is -0.382 e. The van der Waals surface area contributed by atoms with Gasteiger partial charge in [-0.15, -0.1) is 5.10 Å². The van der Waals surface area contributed by atoms with Crippen LogP contribution in [-0.2, 0) is 4.79 Å². The van der Waals surface area contributed by atoms with Gasteiger partial charge in [0.25, 0.3) is 0 Å². The van der Waals surface area contributed by atoms with Crippen molar-refractivity contribution >= 4 is 33.3 Å². The summed E-state index contributed by atoms with van der Waals surface area (Å²) in [5, 5.41) is 13.3. The highest BCUT2D eigenvalue weighted by Gasteiger charge is 2.49. The average molecular weight is 317 g/mol. The SMILES string of the molecule is O=C1CC[C@H]([C@@H](O)C(F)(F)F)N1c1ccc2nnsc2c1. The predicted molar refractivity (Wildman–Crippen MR) is 70.0 cm³/mol. The maximum absolute atomic E-state index is 12.7. The fourth-order valence-corrected chi connectivity index (χ4v) is 3.07. The molecule has 1 N–H and O–H groups in total. The van der Waals surface area contributed by atoms with Crippen molar-refractivity contribution in [3.8, 4) is 0 Å². The number of anilines is 1. The molecule has 1 aliphatic heterocycles. The number of hydrogen-bond donors (Lipinski definition) is 1. The molecule has 0 radical (unpaired) electrons. The zero-order valence-electron chi connectivity index (χ0n) is 10.5. The van der Waals surface area contributed by atoms with Crippen LogP contribution in [0.15, 0.2) is 18.2 Å². The molecule has 0 spiro atoms. The van der Waals surface area contributed by atoms with Crippen molar-refractivity contribution in [1.82, 2.24) is 9.59 Å². The van der Waals surface area contributed by atoms with Gasteiger partial charge in [0, 0.05) is 12.1 Å². The first-order valence-corrected chi connectivity index (χ1v) is 6.94. The second-order valence-electron chi connectivity index (χ2n) is 4.78. The first-order valence-electron chi connectivity index (χ1n) is 6.17. The number of carbonyl (C=O) groups excluding carboxylic acids is 1. The minimum atomic E-state index is -4.76. The number of fused-ring (bicyclic) bond motifs is 1. The number of benzene rings is 1. The number of nitrogens with zero attached hydrogens (tertiary/aromatic N) is 3. The van der Waals surface area contributed by atoms with Crippen molar-refractivity contribution in [3.63, 3.8) is 0 Å². The molecule has 9 heteroatoms. The number of aromatic nitrogens is 2. The summed E-state index contributed by atoms with van der Waals surface area (Å²) in [6.45, 7) is 0. The Hall–Kier alpha value is -1.74. The Kier molecular flexibility index (Phi) is 3.33. The van der Waals surface area contributed by atoms with Gasteiger partial charge in [-0.1, -0.05) is 4.49 Å². The van der Waals surface area contributed by atoms with Gasteiger partial charge < -0.3 is 10.0 Å². The monoisotopic (exact) mass is 317 g/mol. The van der Waals surface area contributed by atoms with Crippen LogP contribution >= 0.6 is 11.5 Å². The van der Waals surface area contributed by atoms with E-state index in [-0.39, 0.29) is 12.8 Å².